The van der Waals surface area contributed by atoms with Gasteiger partial charge in [0, 0.05) is 6.20 Å². The lowest BCUT2D eigenvalue weighted by Crippen LogP contribution is -2.33. The summed E-state index contributed by atoms with van der Waals surface area (Å²) in [6.45, 7) is 4.11. The van der Waals surface area contributed by atoms with Crippen LogP contribution in [0.2, 0.25) is 0 Å². The summed E-state index contributed by atoms with van der Waals surface area (Å²) in [5, 5.41) is 6.99. The molecule has 0 fully saturated rings. The van der Waals surface area contributed by atoms with Gasteiger partial charge in [0.15, 0.2) is 0 Å². The first kappa shape index (κ1) is 17.6. The standard InChI is InChI=1S/C19H21N5O2/c1-14(23-19(25)15(2)24-13-20-12-22-24)16-6-5-8-18(10-16)26-11-17-7-3-4-9-21-17/h3-10,12-15H,11H2,1-2H3,(H,23,25)/t14-,15-/m1/s1. The minimum absolute atomic E-state index is 0.122. The van der Waals surface area contributed by atoms with Crippen molar-refractivity contribution in [1.29, 1.82) is 0 Å². The van der Waals surface area contributed by atoms with Crippen LogP contribution >= 0.6 is 0 Å². The van der Waals surface area contributed by atoms with Gasteiger partial charge in [-0.25, -0.2) is 9.67 Å². The molecular formula is C19H21N5O2. The van der Waals surface area contributed by atoms with Crippen molar-refractivity contribution in [2.75, 3.05) is 0 Å². The Bertz CT molecular complexity index is 836. The average Bonchev–Trinajstić information content (AvgIpc) is 3.21. The van der Waals surface area contributed by atoms with Crippen molar-refractivity contribution in [1.82, 2.24) is 25.1 Å². The molecule has 0 saturated carbocycles. The highest BCUT2D eigenvalue weighted by Crippen LogP contribution is 2.20. The molecule has 0 aliphatic carbocycles. The Morgan fingerprint density at radius 3 is 2.85 bits per heavy atom. The van der Waals surface area contributed by atoms with Crippen molar-refractivity contribution in [2.45, 2.75) is 32.5 Å². The van der Waals surface area contributed by atoms with Gasteiger partial charge >= 0.3 is 0 Å². The molecule has 1 amide bonds. The van der Waals surface area contributed by atoms with E-state index in [2.05, 4.69) is 20.4 Å². The van der Waals surface area contributed by atoms with E-state index in [0.717, 1.165) is 17.0 Å². The van der Waals surface area contributed by atoms with E-state index in [0.29, 0.717) is 6.61 Å². The Balaban J connectivity index is 1.60. The molecule has 2 heterocycles. The summed E-state index contributed by atoms with van der Waals surface area (Å²) >= 11 is 0. The van der Waals surface area contributed by atoms with E-state index < -0.39 is 6.04 Å². The molecule has 1 aromatic carbocycles. The fraction of sp³-hybridized carbons (Fsp3) is 0.263. The number of hydrogen-bond acceptors (Lipinski definition) is 5. The Morgan fingerprint density at radius 1 is 1.23 bits per heavy atom. The van der Waals surface area contributed by atoms with Gasteiger partial charge in [0.05, 0.1) is 11.7 Å². The van der Waals surface area contributed by atoms with Crippen molar-refractivity contribution >= 4 is 5.91 Å². The zero-order valence-corrected chi connectivity index (χ0v) is 14.7. The minimum Gasteiger partial charge on any atom is -0.487 e. The second-order valence-corrected chi connectivity index (χ2v) is 5.96. The number of benzene rings is 1. The number of carbonyl (C=O) groups excluding carboxylic acids is 1. The van der Waals surface area contributed by atoms with Crippen LogP contribution in [0, 0.1) is 0 Å². The second-order valence-electron chi connectivity index (χ2n) is 5.96. The zero-order valence-electron chi connectivity index (χ0n) is 14.7. The topological polar surface area (TPSA) is 81.9 Å². The summed E-state index contributed by atoms with van der Waals surface area (Å²) in [5.74, 6) is 0.612. The molecule has 0 unspecified atom stereocenters. The van der Waals surface area contributed by atoms with Gasteiger partial charge < -0.3 is 10.1 Å². The molecule has 0 aliphatic heterocycles. The summed E-state index contributed by atoms with van der Waals surface area (Å²) in [5.41, 5.74) is 1.82. The number of carbonyl (C=O) groups is 1. The van der Waals surface area contributed by atoms with Gasteiger partial charge in [-0.1, -0.05) is 18.2 Å². The van der Waals surface area contributed by atoms with Gasteiger partial charge in [-0.2, -0.15) is 5.10 Å². The van der Waals surface area contributed by atoms with Crippen molar-refractivity contribution in [3.05, 3.63) is 72.6 Å². The first-order chi connectivity index (χ1) is 12.6. The lowest BCUT2D eigenvalue weighted by molar-refractivity contribution is -0.124. The van der Waals surface area contributed by atoms with E-state index in [-0.39, 0.29) is 11.9 Å². The Kier molecular flexibility index (Phi) is 5.58. The van der Waals surface area contributed by atoms with E-state index in [1.807, 2.05) is 49.4 Å². The molecule has 3 rings (SSSR count). The Morgan fingerprint density at radius 2 is 2.12 bits per heavy atom. The monoisotopic (exact) mass is 351 g/mol. The summed E-state index contributed by atoms with van der Waals surface area (Å²) < 4.78 is 7.32. The molecule has 2 aromatic heterocycles. The molecule has 0 radical (unpaired) electrons. The van der Waals surface area contributed by atoms with Gasteiger partial charge in [-0.3, -0.25) is 9.78 Å². The zero-order chi connectivity index (χ0) is 18.4. The predicted molar refractivity (Wildman–Crippen MR) is 96.3 cm³/mol. The van der Waals surface area contributed by atoms with Gasteiger partial charge in [0.2, 0.25) is 5.91 Å². The number of ether oxygens (including phenoxy) is 1. The smallest absolute Gasteiger partial charge is 0.245 e. The maximum atomic E-state index is 12.4. The van der Waals surface area contributed by atoms with E-state index >= 15 is 0 Å². The van der Waals surface area contributed by atoms with Crippen LogP contribution in [0.1, 0.15) is 37.2 Å². The first-order valence-electron chi connectivity index (χ1n) is 8.40. The molecule has 0 saturated heterocycles. The van der Waals surface area contributed by atoms with Crippen LogP contribution in [0.4, 0.5) is 0 Å². The molecule has 26 heavy (non-hydrogen) atoms. The number of rotatable bonds is 7. The maximum Gasteiger partial charge on any atom is 0.245 e. The van der Waals surface area contributed by atoms with Crippen molar-refractivity contribution in [3.63, 3.8) is 0 Å². The predicted octanol–water partition coefficient (Wildman–Crippen LogP) is 2.69. The molecular weight excluding hydrogens is 330 g/mol. The molecule has 7 nitrogen and oxygen atoms in total. The lowest BCUT2D eigenvalue weighted by atomic mass is 10.1. The fourth-order valence-corrected chi connectivity index (χ4v) is 2.47. The van der Waals surface area contributed by atoms with E-state index in [9.17, 15) is 4.79 Å². The average molecular weight is 351 g/mol. The van der Waals surface area contributed by atoms with Crippen molar-refractivity contribution in [3.8, 4) is 5.75 Å². The highest BCUT2D eigenvalue weighted by Gasteiger charge is 2.18. The third kappa shape index (κ3) is 4.44. The fourth-order valence-electron chi connectivity index (χ4n) is 2.47. The highest BCUT2D eigenvalue weighted by atomic mass is 16.5. The quantitative estimate of drug-likeness (QED) is 0.708. The van der Waals surface area contributed by atoms with Crippen LogP contribution in [0.3, 0.4) is 0 Å². The first-order valence-corrected chi connectivity index (χ1v) is 8.40. The van der Waals surface area contributed by atoms with Crippen LogP contribution in [-0.2, 0) is 11.4 Å². The molecule has 0 bridgehead atoms. The molecule has 1 N–H and O–H groups in total. The van der Waals surface area contributed by atoms with Crippen LogP contribution < -0.4 is 10.1 Å². The highest BCUT2D eigenvalue weighted by molar-refractivity contribution is 5.80. The van der Waals surface area contributed by atoms with Gasteiger partial charge in [-0.05, 0) is 43.7 Å². The number of hydrogen-bond donors (Lipinski definition) is 1. The van der Waals surface area contributed by atoms with Gasteiger partial charge in [-0.15, -0.1) is 0 Å². The maximum absolute atomic E-state index is 12.4. The van der Waals surface area contributed by atoms with Crippen LogP contribution in [-0.4, -0.2) is 25.7 Å². The number of pyridine rings is 1. The molecule has 2 atom stereocenters. The van der Waals surface area contributed by atoms with Gasteiger partial charge in [0.1, 0.15) is 31.1 Å². The van der Waals surface area contributed by atoms with E-state index in [4.69, 9.17) is 4.74 Å². The van der Waals surface area contributed by atoms with Crippen LogP contribution in [0.25, 0.3) is 0 Å². The second kappa shape index (κ2) is 8.24. The molecule has 134 valence electrons. The van der Waals surface area contributed by atoms with Crippen molar-refractivity contribution < 1.29 is 9.53 Å². The molecule has 3 aromatic rings. The normalized spacial score (nSPS) is 13.0. The lowest BCUT2D eigenvalue weighted by Gasteiger charge is -2.18. The third-order valence-electron chi connectivity index (χ3n) is 4.04. The van der Waals surface area contributed by atoms with E-state index in [1.165, 1.54) is 17.3 Å². The summed E-state index contributed by atoms with van der Waals surface area (Å²) in [7, 11) is 0. The SMILES string of the molecule is C[C@H](C(=O)N[C@H](C)c1cccc(OCc2ccccn2)c1)n1cncn1. The molecule has 0 spiro atoms. The number of nitrogens with zero attached hydrogens (tertiary/aromatic N) is 4. The molecule has 7 heteroatoms. The third-order valence-corrected chi connectivity index (χ3v) is 4.04. The van der Waals surface area contributed by atoms with E-state index in [1.54, 1.807) is 13.1 Å². The largest absolute Gasteiger partial charge is 0.487 e. The Hall–Kier alpha value is -3.22. The van der Waals surface area contributed by atoms with Crippen LogP contribution in [0.15, 0.2) is 61.3 Å². The van der Waals surface area contributed by atoms with Crippen molar-refractivity contribution in [2.24, 2.45) is 0 Å². The summed E-state index contributed by atoms with van der Waals surface area (Å²) in [4.78, 5) is 20.5. The number of aromatic nitrogens is 4. The summed E-state index contributed by atoms with van der Waals surface area (Å²) in [6.07, 6.45) is 4.68. The van der Waals surface area contributed by atoms with Gasteiger partial charge in [0.25, 0.3) is 0 Å². The van der Waals surface area contributed by atoms with Crippen LogP contribution in [0.5, 0.6) is 5.75 Å². The number of nitrogens with one attached hydrogen (secondary N) is 1. The molecule has 0 aliphatic rings. The Labute approximate surface area is 152 Å². The summed E-state index contributed by atoms with van der Waals surface area (Å²) in [6, 6.07) is 12.8. The number of amides is 1. The minimum atomic E-state index is -0.427.